The molecule has 4 nitrogen and oxygen atoms in total. The lowest BCUT2D eigenvalue weighted by atomic mass is 10.1. The van der Waals surface area contributed by atoms with E-state index in [1.165, 1.54) is 12.1 Å². The molecule has 1 N–H and O–H groups in total. The van der Waals surface area contributed by atoms with Crippen LogP contribution in [-0.2, 0) is 22.6 Å². The number of benzene rings is 2. The van der Waals surface area contributed by atoms with Gasteiger partial charge in [0.15, 0.2) is 0 Å². The van der Waals surface area contributed by atoms with Crippen LogP contribution < -0.4 is 5.32 Å². The van der Waals surface area contributed by atoms with E-state index in [1.807, 2.05) is 12.1 Å². The first-order valence-corrected chi connectivity index (χ1v) is 8.91. The molecule has 2 aromatic rings. The van der Waals surface area contributed by atoms with Gasteiger partial charge >= 0.3 is 0 Å². The van der Waals surface area contributed by atoms with Crippen molar-refractivity contribution in [1.29, 1.82) is 0 Å². The Balaban J connectivity index is 1.45. The SMILES string of the molecule is O=C(Cc1ccc(Cl)cc1)NCC1CC(=O)N(Cc2ccc(F)cc2)C1. The van der Waals surface area contributed by atoms with Crippen LogP contribution >= 0.6 is 11.6 Å². The molecule has 1 aliphatic heterocycles. The topological polar surface area (TPSA) is 49.4 Å². The fraction of sp³-hybridized carbons (Fsp3) is 0.300. The Hall–Kier alpha value is -2.40. The number of rotatable bonds is 6. The number of nitrogens with one attached hydrogen (secondary N) is 1. The summed E-state index contributed by atoms with van der Waals surface area (Å²) < 4.78 is 13.0. The van der Waals surface area contributed by atoms with Gasteiger partial charge in [0.1, 0.15) is 5.82 Å². The van der Waals surface area contributed by atoms with Crippen molar-refractivity contribution in [3.8, 4) is 0 Å². The smallest absolute Gasteiger partial charge is 0.224 e. The maximum absolute atomic E-state index is 13.0. The highest BCUT2D eigenvalue weighted by molar-refractivity contribution is 6.30. The van der Waals surface area contributed by atoms with Crippen LogP contribution in [0, 0.1) is 11.7 Å². The summed E-state index contributed by atoms with van der Waals surface area (Å²) in [5.41, 5.74) is 1.79. The Kier molecular flexibility index (Phi) is 5.89. The van der Waals surface area contributed by atoms with Crippen molar-refractivity contribution in [3.05, 3.63) is 70.5 Å². The molecule has 3 rings (SSSR count). The van der Waals surface area contributed by atoms with E-state index in [2.05, 4.69) is 5.32 Å². The third-order valence-corrected chi connectivity index (χ3v) is 4.70. The molecule has 0 aliphatic carbocycles. The first-order chi connectivity index (χ1) is 12.5. The first kappa shape index (κ1) is 18.4. The minimum absolute atomic E-state index is 0.0614. The third kappa shape index (κ3) is 5.05. The van der Waals surface area contributed by atoms with Crippen LogP contribution in [-0.4, -0.2) is 29.8 Å². The third-order valence-electron chi connectivity index (χ3n) is 4.45. The van der Waals surface area contributed by atoms with E-state index in [0.717, 1.165) is 11.1 Å². The van der Waals surface area contributed by atoms with Crippen LogP contribution in [0.5, 0.6) is 0 Å². The molecule has 0 radical (unpaired) electrons. The van der Waals surface area contributed by atoms with Crippen LogP contribution in [0.25, 0.3) is 0 Å². The zero-order valence-corrected chi connectivity index (χ0v) is 15.0. The largest absolute Gasteiger partial charge is 0.355 e. The van der Waals surface area contributed by atoms with Crippen molar-refractivity contribution < 1.29 is 14.0 Å². The normalized spacial score (nSPS) is 16.8. The highest BCUT2D eigenvalue weighted by Gasteiger charge is 2.29. The molecule has 1 atom stereocenters. The van der Waals surface area contributed by atoms with Gasteiger partial charge in [0.25, 0.3) is 0 Å². The summed E-state index contributed by atoms with van der Waals surface area (Å²) in [5.74, 6) is -0.206. The summed E-state index contributed by atoms with van der Waals surface area (Å²) in [6, 6.07) is 13.3. The molecule has 136 valence electrons. The number of hydrogen-bond acceptors (Lipinski definition) is 2. The minimum atomic E-state index is -0.289. The molecule has 0 bridgehead atoms. The van der Waals surface area contributed by atoms with E-state index >= 15 is 0 Å². The quantitative estimate of drug-likeness (QED) is 0.844. The van der Waals surface area contributed by atoms with Gasteiger partial charge in [-0.2, -0.15) is 0 Å². The van der Waals surface area contributed by atoms with Gasteiger partial charge in [0, 0.05) is 37.0 Å². The number of amides is 2. The van der Waals surface area contributed by atoms with Gasteiger partial charge in [-0.15, -0.1) is 0 Å². The lowest BCUT2D eigenvalue weighted by Crippen LogP contribution is -2.32. The second-order valence-corrected chi connectivity index (χ2v) is 7.01. The molecule has 1 aliphatic rings. The molecule has 2 aromatic carbocycles. The van der Waals surface area contributed by atoms with Gasteiger partial charge in [0.2, 0.25) is 11.8 Å². The zero-order chi connectivity index (χ0) is 18.5. The lowest BCUT2D eigenvalue weighted by molar-refractivity contribution is -0.128. The Bertz CT molecular complexity index is 777. The number of hydrogen-bond donors (Lipinski definition) is 1. The molecule has 1 fully saturated rings. The van der Waals surface area contributed by atoms with Gasteiger partial charge < -0.3 is 10.2 Å². The van der Waals surface area contributed by atoms with Gasteiger partial charge in [0.05, 0.1) is 6.42 Å². The molecular formula is C20H20ClFN2O2. The molecule has 6 heteroatoms. The van der Waals surface area contributed by atoms with E-state index < -0.39 is 0 Å². The van der Waals surface area contributed by atoms with E-state index in [1.54, 1.807) is 29.2 Å². The van der Waals surface area contributed by atoms with Crippen LogP contribution in [0.1, 0.15) is 17.5 Å². The molecule has 26 heavy (non-hydrogen) atoms. The number of nitrogens with zero attached hydrogens (tertiary/aromatic N) is 1. The van der Waals surface area contributed by atoms with Crippen molar-refractivity contribution in [1.82, 2.24) is 10.2 Å². The fourth-order valence-electron chi connectivity index (χ4n) is 3.06. The number of carbonyl (C=O) groups is 2. The summed E-state index contributed by atoms with van der Waals surface area (Å²) >= 11 is 5.83. The van der Waals surface area contributed by atoms with E-state index in [-0.39, 0.29) is 30.0 Å². The zero-order valence-electron chi connectivity index (χ0n) is 14.3. The van der Waals surface area contributed by atoms with E-state index in [9.17, 15) is 14.0 Å². The van der Waals surface area contributed by atoms with E-state index in [0.29, 0.717) is 31.1 Å². The Labute approximate surface area is 157 Å². The minimum Gasteiger partial charge on any atom is -0.355 e. The highest BCUT2D eigenvalue weighted by Crippen LogP contribution is 2.20. The highest BCUT2D eigenvalue weighted by atomic mass is 35.5. The molecule has 0 spiro atoms. The number of carbonyl (C=O) groups excluding carboxylic acids is 2. The second-order valence-electron chi connectivity index (χ2n) is 6.58. The summed E-state index contributed by atoms with van der Waals surface area (Å²) in [6.45, 7) is 1.53. The predicted molar refractivity (Wildman–Crippen MR) is 98.1 cm³/mol. The molecule has 1 unspecified atom stereocenters. The maximum Gasteiger partial charge on any atom is 0.224 e. The molecule has 0 aromatic heterocycles. The molecule has 0 saturated carbocycles. The number of likely N-dealkylation sites (tertiary alicyclic amines) is 1. The van der Waals surface area contributed by atoms with Gasteiger partial charge in [-0.3, -0.25) is 9.59 Å². The van der Waals surface area contributed by atoms with Crippen LogP contribution in [0.2, 0.25) is 5.02 Å². The fourth-order valence-corrected chi connectivity index (χ4v) is 3.19. The van der Waals surface area contributed by atoms with Gasteiger partial charge in [-0.05, 0) is 35.4 Å². The predicted octanol–water partition coefficient (Wildman–Crippen LogP) is 3.19. The first-order valence-electron chi connectivity index (χ1n) is 8.53. The van der Waals surface area contributed by atoms with Crippen molar-refractivity contribution in [2.45, 2.75) is 19.4 Å². The van der Waals surface area contributed by atoms with Gasteiger partial charge in [-0.25, -0.2) is 4.39 Å². The maximum atomic E-state index is 13.0. The van der Waals surface area contributed by atoms with Crippen LogP contribution in [0.3, 0.4) is 0 Å². The van der Waals surface area contributed by atoms with Crippen molar-refractivity contribution in [2.75, 3.05) is 13.1 Å². The summed E-state index contributed by atoms with van der Waals surface area (Å²) in [4.78, 5) is 26.0. The van der Waals surface area contributed by atoms with Gasteiger partial charge in [-0.1, -0.05) is 35.9 Å². The van der Waals surface area contributed by atoms with Crippen LogP contribution in [0.4, 0.5) is 4.39 Å². The molecule has 2 amide bonds. The Morgan fingerprint density at radius 2 is 1.77 bits per heavy atom. The molecule has 1 heterocycles. The standard InChI is InChI=1S/C20H20ClFN2O2/c21-17-5-1-14(2-6-17)9-19(25)23-11-16-10-20(26)24(13-16)12-15-3-7-18(22)8-4-15/h1-8,16H,9-13H2,(H,23,25). The Morgan fingerprint density at radius 1 is 1.12 bits per heavy atom. The number of halogens is 2. The molecular weight excluding hydrogens is 355 g/mol. The van der Waals surface area contributed by atoms with Crippen LogP contribution in [0.15, 0.2) is 48.5 Å². The monoisotopic (exact) mass is 374 g/mol. The summed E-state index contributed by atoms with van der Waals surface area (Å²) in [6.07, 6.45) is 0.708. The van der Waals surface area contributed by atoms with E-state index in [4.69, 9.17) is 11.6 Å². The van der Waals surface area contributed by atoms with Crippen molar-refractivity contribution in [3.63, 3.8) is 0 Å². The lowest BCUT2D eigenvalue weighted by Gasteiger charge is -2.17. The van der Waals surface area contributed by atoms with Crippen molar-refractivity contribution >= 4 is 23.4 Å². The summed E-state index contributed by atoms with van der Waals surface area (Å²) in [7, 11) is 0. The molecule has 1 saturated heterocycles. The second kappa shape index (κ2) is 8.32. The van der Waals surface area contributed by atoms with Crippen molar-refractivity contribution in [2.24, 2.45) is 5.92 Å². The average Bonchev–Trinajstić information content (AvgIpc) is 2.97. The summed E-state index contributed by atoms with van der Waals surface area (Å²) in [5, 5.41) is 3.54. The Morgan fingerprint density at radius 3 is 2.46 bits per heavy atom. The average molecular weight is 375 g/mol.